The van der Waals surface area contributed by atoms with Gasteiger partial charge in [0.2, 0.25) is 5.95 Å². The predicted octanol–water partition coefficient (Wildman–Crippen LogP) is 3.21. The number of hydrogen-bond acceptors (Lipinski definition) is 6. The van der Waals surface area contributed by atoms with Crippen LogP contribution in [-0.2, 0) is 17.7 Å². The fraction of sp³-hybridized carbons (Fsp3) is 0.182. The van der Waals surface area contributed by atoms with Gasteiger partial charge in [-0.2, -0.15) is 0 Å². The van der Waals surface area contributed by atoms with E-state index >= 15 is 0 Å². The SMILES string of the molecule is COC(=O)c1ccccc1Nc1nccc(C(=O)N2CCc3ccccc3C2)n1. The fourth-order valence-corrected chi connectivity index (χ4v) is 3.37. The lowest BCUT2D eigenvalue weighted by molar-refractivity contribution is 0.0601. The molecule has 29 heavy (non-hydrogen) atoms. The van der Waals surface area contributed by atoms with Crippen LogP contribution in [0.3, 0.4) is 0 Å². The Labute approximate surface area is 168 Å². The van der Waals surface area contributed by atoms with Crippen LogP contribution in [0.1, 0.15) is 32.0 Å². The number of anilines is 2. The molecule has 2 aromatic carbocycles. The molecule has 0 radical (unpaired) electrons. The van der Waals surface area contributed by atoms with Crippen molar-refractivity contribution < 1.29 is 14.3 Å². The van der Waals surface area contributed by atoms with Gasteiger partial charge in [-0.3, -0.25) is 4.79 Å². The second kappa shape index (κ2) is 8.10. The number of carbonyl (C=O) groups excluding carboxylic acids is 2. The minimum Gasteiger partial charge on any atom is -0.465 e. The highest BCUT2D eigenvalue weighted by atomic mass is 16.5. The second-order valence-corrected chi connectivity index (χ2v) is 6.67. The Morgan fingerprint density at radius 1 is 1.03 bits per heavy atom. The van der Waals surface area contributed by atoms with Gasteiger partial charge < -0.3 is 15.0 Å². The number of aromatic nitrogens is 2. The Hall–Kier alpha value is -3.74. The number of esters is 1. The van der Waals surface area contributed by atoms with E-state index in [0.717, 1.165) is 12.0 Å². The van der Waals surface area contributed by atoms with Gasteiger partial charge in [0.1, 0.15) is 5.69 Å². The third kappa shape index (κ3) is 3.94. The third-order valence-corrected chi connectivity index (χ3v) is 4.87. The number of rotatable bonds is 4. The molecule has 7 nitrogen and oxygen atoms in total. The van der Waals surface area contributed by atoms with Crippen molar-refractivity contribution in [2.24, 2.45) is 0 Å². The van der Waals surface area contributed by atoms with E-state index < -0.39 is 5.97 Å². The van der Waals surface area contributed by atoms with Crippen LogP contribution in [0.25, 0.3) is 0 Å². The van der Waals surface area contributed by atoms with Gasteiger partial charge in [0.15, 0.2) is 0 Å². The summed E-state index contributed by atoms with van der Waals surface area (Å²) in [5.41, 5.74) is 3.61. The van der Waals surface area contributed by atoms with Gasteiger partial charge in [0, 0.05) is 19.3 Å². The molecule has 0 spiro atoms. The lowest BCUT2D eigenvalue weighted by Gasteiger charge is -2.28. The number of amides is 1. The van der Waals surface area contributed by atoms with E-state index in [2.05, 4.69) is 21.4 Å². The molecule has 7 heteroatoms. The summed E-state index contributed by atoms with van der Waals surface area (Å²) in [4.78, 5) is 35.2. The molecule has 1 amide bonds. The molecule has 1 aromatic heterocycles. The van der Waals surface area contributed by atoms with Gasteiger partial charge in [0.25, 0.3) is 5.91 Å². The normalized spacial score (nSPS) is 12.8. The van der Waals surface area contributed by atoms with E-state index in [1.54, 1.807) is 35.2 Å². The van der Waals surface area contributed by atoms with Gasteiger partial charge >= 0.3 is 5.97 Å². The largest absolute Gasteiger partial charge is 0.465 e. The first kappa shape index (κ1) is 18.6. The summed E-state index contributed by atoms with van der Waals surface area (Å²) in [6, 6.07) is 16.7. The Bertz CT molecular complexity index is 1070. The maximum Gasteiger partial charge on any atom is 0.339 e. The van der Waals surface area contributed by atoms with Crippen molar-refractivity contribution >= 4 is 23.5 Å². The summed E-state index contributed by atoms with van der Waals surface area (Å²) in [6.07, 6.45) is 2.35. The van der Waals surface area contributed by atoms with Gasteiger partial charge in [-0.25, -0.2) is 14.8 Å². The number of carbonyl (C=O) groups is 2. The lowest BCUT2D eigenvalue weighted by atomic mass is 10.00. The molecule has 1 aliphatic rings. The van der Waals surface area contributed by atoms with E-state index in [4.69, 9.17) is 4.74 Å². The maximum absolute atomic E-state index is 13.0. The topological polar surface area (TPSA) is 84.4 Å². The van der Waals surface area contributed by atoms with E-state index in [1.165, 1.54) is 18.9 Å². The molecule has 1 N–H and O–H groups in total. The predicted molar refractivity (Wildman–Crippen MR) is 108 cm³/mol. The number of nitrogens with zero attached hydrogens (tertiary/aromatic N) is 3. The molecule has 3 aromatic rings. The van der Waals surface area contributed by atoms with Crippen LogP contribution < -0.4 is 5.32 Å². The molecule has 4 rings (SSSR count). The Kier molecular flexibility index (Phi) is 5.20. The second-order valence-electron chi connectivity index (χ2n) is 6.67. The molecule has 1 aliphatic heterocycles. The zero-order valence-electron chi connectivity index (χ0n) is 16.0. The number of fused-ring (bicyclic) bond motifs is 1. The number of nitrogens with one attached hydrogen (secondary N) is 1. The molecule has 0 atom stereocenters. The van der Waals surface area contributed by atoms with Crippen LogP contribution in [0.2, 0.25) is 0 Å². The summed E-state index contributed by atoms with van der Waals surface area (Å²) in [7, 11) is 1.33. The Balaban J connectivity index is 1.54. The van der Waals surface area contributed by atoms with E-state index in [9.17, 15) is 9.59 Å². The van der Waals surface area contributed by atoms with Crippen LogP contribution >= 0.6 is 0 Å². The van der Waals surface area contributed by atoms with Gasteiger partial charge in [-0.15, -0.1) is 0 Å². The lowest BCUT2D eigenvalue weighted by Crippen LogP contribution is -2.36. The first-order chi connectivity index (χ1) is 14.2. The third-order valence-electron chi connectivity index (χ3n) is 4.87. The molecule has 0 aliphatic carbocycles. The monoisotopic (exact) mass is 388 g/mol. The van der Waals surface area contributed by atoms with Crippen LogP contribution in [0.4, 0.5) is 11.6 Å². The molecule has 2 heterocycles. The van der Waals surface area contributed by atoms with Gasteiger partial charge in [-0.1, -0.05) is 36.4 Å². The smallest absolute Gasteiger partial charge is 0.339 e. The number of methoxy groups -OCH3 is 1. The Morgan fingerprint density at radius 3 is 2.62 bits per heavy atom. The summed E-state index contributed by atoms with van der Waals surface area (Å²) in [5.74, 6) is -0.372. The number of ether oxygens (including phenoxy) is 1. The van der Waals surface area contributed by atoms with Crippen molar-refractivity contribution in [2.75, 3.05) is 19.0 Å². The van der Waals surface area contributed by atoms with Crippen LogP contribution in [0, 0.1) is 0 Å². The van der Waals surface area contributed by atoms with Crippen molar-refractivity contribution in [3.05, 3.63) is 83.2 Å². The van der Waals surface area contributed by atoms with Crippen molar-refractivity contribution in [1.29, 1.82) is 0 Å². The van der Waals surface area contributed by atoms with E-state index in [-0.39, 0.29) is 11.9 Å². The van der Waals surface area contributed by atoms with Crippen molar-refractivity contribution in [3.63, 3.8) is 0 Å². The number of hydrogen-bond donors (Lipinski definition) is 1. The standard InChI is InChI=1S/C22H20N4O3/c1-29-21(28)17-8-4-5-9-18(17)24-22-23-12-10-19(25-22)20(27)26-13-11-15-6-2-3-7-16(15)14-26/h2-10,12H,11,13-14H2,1H3,(H,23,24,25). The number of para-hydroxylation sites is 1. The fourth-order valence-electron chi connectivity index (χ4n) is 3.37. The molecular formula is C22H20N4O3. The van der Waals surface area contributed by atoms with Crippen LogP contribution in [-0.4, -0.2) is 40.4 Å². The molecule has 0 bridgehead atoms. The first-order valence-electron chi connectivity index (χ1n) is 9.29. The zero-order valence-corrected chi connectivity index (χ0v) is 16.0. The highest BCUT2D eigenvalue weighted by Gasteiger charge is 2.23. The zero-order chi connectivity index (χ0) is 20.2. The van der Waals surface area contributed by atoms with Crippen LogP contribution in [0.5, 0.6) is 0 Å². The summed E-state index contributed by atoms with van der Waals surface area (Å²) < 4.78 is 4.80. The minimum atomic E-state index is -0.465. The highest BCUT2D eigenvalue weighted by molar-refractivity contribution is 5.96. The average Bonchev–Trinajstić information content (AvgIpc) is 2.78. The van der Waals surface area contributed by atoms with Gasteiger partial charge in [-0.05, 0) is 35.7 Å². The summed E-state index contributed by atoms with van der Waals surface area (Å²) in [6.45, 7) is 1.21. The number of benzene rings is 2. The molecular weight excluding hydrogens is 368 g/mol. The highest BCUT2D eigenvalue weighted by Crippen LogP contribution is 2.22. The first-order valence-corrected chi connectivity index (χ1v) is 9.29. The molecule has 0 saturated heterocycles. The van der Waals surface area contributed by atoms with Crippen molar-refractivity contribution in [1.82, 2.24) is 14.9 Å². The summed E-state index contributed by atoms with van der Waals surface area (Å²) in [5, 5.41) is 3.01. The summed E-state index contributed by atoms with van der Waals surface area (Å²) >= 11 is 0. The van der Waals surface area contributed by atoms with Crippen LogP contribution in [0.15, 0.2) is 60.8 Å². The Morgan fingerprint density at radius 2 is 1.79 bits per heavy atom. The van der Waals surface area contributed by atoms with Gasteiger partial charge in [0.05, 0.1) is 18.4 Å². The van der Waals surface area contributed by atoms with E-state index in [0.29, 0.717) is 30.0 Å². The molecule has 0 saturated carbocycles. The average molecular weight is 388 g/mol. The quantitative estimate of drug-likeness (QED) is 0.691. The molecule has 0 fully saturated rings. The maximum atomic E-state index is 13.0. The molecule has 0 unspecified atom stereocenters. The van der Waals surface area contributed by atoms with Crippen molar-refractivity contribution in [2.45, 2.75) is 13.0 Å². The molecule has 146 valence electrons. The van der Waals surface area contributed by atoms with Crippen molar-refractivity contribution in [3.8, 4) is 0 Å². The van der Waals surface area contributed by atoms with E-state index in [1.807, 2.05) is 18.2 Å². The minimum absolute atomic E-state index is 0.147.